The zero-order chi connectivity index (χ0) is 42.5. The topological polar surface area (TPSA) is 167 Å². The number of aromatic nitrogens is 1. The second-order valence-corrected chi connectivity index (χ2v) is 18.0. The number of ketones is 1. The van der Waals surface area contributed by atoms with E-state index in [1.165, 1.54) is 13.8 Å². The monoisotopic (exact) mass is 865 g/mol. The molecular weight excluding hydrogens is 822 g/mol. The number of hydrogen-bond donors (Lipinski definition) is 4. The maximum atomic E-state index is 14.1. The molecule has 60 heavy (non-hydrogen) atoms. The third-order valence-corrected chi connectivity index (χ3v) is 13.2. The Labute approximate surface area is 360 Å². The fraction of sp³-hybridized carbons (Fsp3) is 0.289. The summed E-state index contributed by atoms with van der Waals surface area (Å²) in [7, 11) is 3.13. The molecule has 1 aliphatic carbocycles. The first-order valence-electron chi connectivity index (χ1n) is 19.6. The third kappa shape index (κ3) is 9.72. The molecule has 2 heterocycles. The van der Waals surface area contributed by atoms with E-state index in [1.807, 2.05) is 60.7 Å². The number of esters is 1. The average molecular weight is 866 g/mol. The third-order valence-electron chi connectivity index (χ3n) is 10.4. The standard InChI is InChI=1S/C45H44ClN5O7S2/c1-25(16-26(2)52)43(55)47-13-15-60-59-14-12-41(54)48-33-9-8-28-17-31(18-29(28)19-33)44(56)49-34-10-11-37-30(20-34)21-38(50-37)45(57)51-24-32(23-46)42-36-7-5-4-6-35(36)40(22-39(42)51)58-27(3)53/h4-11,18-22,25,32,50H,12-17,23-24H2,1-3H3,(H,47,55)(H,48,54)(H,49,56)/t25-,32?/m1/s1. The molecule has 0 bridgehead atoms. The van der Waals surface area contributed by atoms with Gasteiger partial charge in [-0.25, -0.2) is 0 Å². The van der Waals surface area contributed by atoms with Crippen LogP contribution in [0, 0.1) is 5.92 Å². The lowest BCUT2D eigenvalue weighted by atomic mass is 9.95. The molecule has 1 aromatic heterocycles. The van der Waals surface area contributed by atoms with Crippen molar-refractivity contribution in [1.29, 1.82) is 0 Å². The summed E-state index contributed by atoms with van der Waals surface area (Å²) in [5.41, 5.74) is 6.31. The second-order valence-electron chi connectivity index (χ2n) is 15.0. The molecule has 7 rings (SSSR count). The zero-order valence-electron chi connectivity index (χ0n) is 33.3. The summed E-state index contributed by atoms with van der Waals surface area (Å²) in [6.07, 6.45) is 2.82. The number of rotatable bonds is 16. The van der Waals surface area contributed by atoms with E-state index in [0.717, 1.165) is 38.4 Å². The van der Waals surface area contributed by atoms with Crippen molar-refractivity contribution < 1.29 is 33.5 Å². The van der Waals surface area contributed by atoms with Crippen molar-refractivity contribution in [2.24, 2.45) is 5.92 Å². The molecule has 0 saturated heterocycles. The van der Waals surface area contributed by atoms with E-state index in [0.29, 0.717) is 77.4 Å². The van der Waals surface area contributed by atoms with Crippen LogP contribution in [0.4, 0.5) is 17.1 Å². The molecule has 15 heteroatoms. The van der Waals surface area contributed by atoms with Gasteiger partial charge in [-0.1, -0.05) is 58.8 Å². The summed E-state index contributed by atoms with van der Waals surface area (Å²) in [6, 6.07) is 22.1. The molecule has 0 radical (unpaired) electrons. The number of nitrogens with one attached hydrogen (secondary N) is 4. The maximum absolute atomic E-state index is 14.1. The number of aromatic amines is 1. The largest absolute Gasteiger partial charge is 0.426 e. The summed E-state index contributed by atoms with van der Waals surface area (Å²) in [5.74, 6) is 0.280. The molecule has 1 aliphatic heterocycles. The number of benzene rings is 4. The fourth-order valence-corrected chi connectivity index (χ4v) is 9.75. The molecule has 0 saturated carbocycles. The molecule has 1 unspecified atom stereocenters. The van der Waals surface area contributed by atoms with Crippen LogP contribution in [0.25, 0.3) is 27.8 Å². The van der Waals surface area contributed by atoms with E-state index < -0.39 is 5.97 Å². The first-order chi connectivity index (χ1) is 28.9. The van der Waals surface area contributed by atoms with E-state index >= 15 is 0 Å². The first-order valence-corrected chi connectivity index (χ1v) is 22.6. The van der Waals surface area contributed by atoms with Gasteiger partial charge in [0.2, 0.25) is 11.8 Å². The Hall–Kier alpha value is -5.57. The van der Waals surface area contributed by atoms with Gasteiger partial charge in [0.05, 0.1) is 5.69 Å². The van der Waals surface area contributed by atoms with Crippen molar-refractivity contribution in [1.82, 2.24) is 10.3 Å². The SMILES string of the molecule is CC(=O)C[C@@H](C)C(=O)NCCSSCCC(=O)Nc1ccc2c(c1)C=C(C(=O)Nc1ccc3[nH]c(C(=O)N4CC(CCl)c5c4cc(OC(C)=O)c4ccccc54)cc3c1)C2. The van der Waals surface area contributed by atoms with E-state index in [4.69, 9.17) is 16.3 Å². The lowest BCUT2D eigenvalue weighted by Gasteiger charge is -2.18. The maximum Gasteiger partial charge on any atom is 0.308 e. The highest BCUT2D eigenvalue weighted by Crippen LogP contribution is 2.46. The van der Waals surface area contributed by atoms with E-state index in [-0.39, 0.29) is 47.7 Å². The average Bonchev–Trinajstić information content (AvgIpc) is 3.95. The van der Waals surface area contributed by atoms with Gasteiger partial charge in [-0.2, -0.15) is 0 Å². The number of alkyl halides is 1. The van der Waals surface area contributed by atoms with Crippen LogP contribution in [0.3, 0.4) is 0 Å². The molecule has 2 aliphatic rings. The summed E-state index contributed by atoms with van der Waals surface area (Å²) in [5, 5.41) is 11.2. The van der Waals surface area contributed by atoms with Gasteiger partial charge in [-0.3, -0.25) is 24.0 Å². The number of hydrogen-bond acceptors (Lipinski definition) is 9. The lowest BCUT2D eigenvalue weighted by molar-refractivity contribution is -0.131. The number of nitrogens with zero attached hydrogens (tertiary/aromatic N) is 1. The Bertz CT molecular complexity index is 2570. The molecule has 4 aromatic carbocycles. The highest BCUT2D eigenvalue weighted by atomic mass is 35.5. The van der Waals surface area contributed by atoms with Crippen molar-refractivity contribution in [3.05, 3.63) is 101 Å². The van der Waals surface area contributed by atoms with Crippen LogP contribution in [0.5, 0.6) is 5.75 Å². The molecule has 0 fully saturated rings. The highest BCUT2D eigenvalue weighted by molar-refractivity contribution is 8.76. The van der Waals surface area contributed by atoms with Crippen molar-refractivity contribution in [3.63, 3.8) is 0 Å². The van der Waals surface area contributed by atoms with Crippen LogP contribution >= 0.6 is 33.2 Å². The minimum Gasteiger partial charge on any atom is -0.426 e. The molecule has 12 nitrogen and oxygen atoms in total. The van der Waals surface area contributed by atoms with Gasteiger partial charge in [-0.15, -0.1) is 11.6 Å². The van der Waals surface area contributed by atoms with Crippen molar-refractivity contribution in [3.8, 4) is 5.75 Å². The predicted octanol–water partition coefficient (Wildman–Crippen LogP) is 8.25. The zero-order valence-corrected chi connectivity index (χ0v) is 35.7. The fourth-order valence-electron chi connectivity index (χ4n) is 7.60. The number of anilines is 3. The number of fused-ring (bicyclic) bond motifs is 5. The van der Waals surface area contributed by atoms with Gasteiger partial charge in [0.15, 0.2) is 0 Å². The number of carbonyl (C=O) groups excluding carboxylic acids is 6. The van der Waals surface area contributed by atoms with Crippen LogP contribution in [0.1, 0.15) is 66.7 Å². The second kappa shape index (κ2) is 18.8. The normalized spacial score (nSPS) is 14.6. The smallest absolute Gasteiger partial charge is 0.308 e. The van der Waals surface area contributed by atoms with E-state index in [2.05, 4.69) is 20.9 Å². The number of halogens is 1. The van der Waals surface area contributed by atoms with Crippen LogP contribution < -0.4 is 25.6 Å². The van der Waals surface area contributed by atoms with Gasteiger partial charge in [0, 0.05) is 108 Å². The minimum atomic E-state index is -0.457. The Balaban J connectivity index is 0.935. The number of amides is 4. The van der Waals surface area contributed by atoms with E-state index in [9.17, 15) is 28.8 Å². The van der Waals surface area contributed by atoms with Gasteiger partial charge in [-0.05, 0) is 71.5 Å². The quantitative estimate of drug-likeness (QED) is 0.0251. The molecule has 4 N–H and O–H groups in total. The molecule has 4 amide bonds. The molecule has 310 valence electrons. The highest BCUT2D eigenvalue weighted by Gasteiger charge is 2.36. The number of Topliss-reactive ketones (excluding diaryl/α,β-unsaturated/α-hetero) is 1. The molecule has 2 atom stereocenters. The Morgan fingerprint density at radius 2 is 1.67 bits per heavy atom. The number of ether oxygens (including phenoxy) is 1. The van der Waals surface area contributed by atoms with Crippen LogP contribution in [-0.2, 0) is 30.4 Å². The Morgan fingerprint density at radius 3 is 2.43 bits per heavy atom. The van der Waals surface area contributed by atoms with Crippen molar-refractivity contribution in [2.75, 3.05) is 46.0 Å². The van der Waals surface area contributed by atoms with Crippen LogP contribution in [0.2, 0.25) is 0 Å². The number of H-pyrrole nitrogens is 1. The summed E-state index contributed by atoms with van der Waals surface area (Å²) < 4.78 is 5.57. The predicted molar refractivity (Wildman–Crippen MR) is 241 cm³/mol. The Morgan fingerprint density at radius 1 is 0.917 bits per heavy atom. The number of carbonyl (C=O) groups is 6. The van der Waals surface area contributed by atoms with Crippen LogP contribution in [-0.4, -0.2) is 70.8 Å². The van der Waals surface area contributed by atoms with E-state index in [1.54, 1.807) is 51.6 Å². The summed E-state index contributed by atoms with van der Waals surface area (Å²) >= 11 is 6.45. The van der Waals surface area contributed by atoms with Gasteiger partial charge in [0.1, 0.15) is 17.2 Å². The van der Waals surface area contributed by atoms with Gasteiger partial charge >= 0.3 is 5.97 Å². The van der Waals surface area contributed by atoms with Crippen molar-refractivity contribution >= 4 is 113 Å². The lowest BCUT2D eigenvalue weighted by Crippen LogP contribution is -2.31. The molecule has 0 spiro atoms. The summed E-state index contributed by atoms with van der Waals surface area (Å²) in [6.45, 7) is 5.41. The summed E-state index contributed by atoms with van der Waals surface area (Å²) in [4.78, 5) is 80.3. The first kappa shape index (κ1) is 42.6. The van der Waals surface area contributed by atoms with Crippen LogP contribution in [0.15, 0.2) is 78.4 Å². The Kier molecular flexibility index (Phi) is 13.3. The van der Waals surface area contributed by atoms with Crippen molar-refractivity contribution in [2.45, 2.75) is 46.0 Å². The minimum absolute atomic E-state index is 0.0114. The molecular formula is C45H44ClN5O7S2. The van der Waals surface area contributed by atoms with Gasteiger partial charge in [0.25, 0.3) is 11.8 Å². The van der Waals surface area contributed by atoms with Gasteiger partial charge < -0.3 is 35.4 Å². The molecule has 5 aromatic rings.